The van der Waals surface area contributed by atoms with Crippen molar-refractivity contribution in [2.24, 2.45) is 0 Å². The number of anilines is 1. The van der Waals surface area contributed by atoms with E-state index < -0.39 is 17.6 Å². The van der Waals surface area contributed by atoms with E-state index in [0.717, 1.165) is 0 Å². The second-order valence-electron chi connectivity index (χ2n) is 6.23. The fourth-order valence-electron chi connectivity index (χ4n) is 3.32. The van der Waals surface area contributed by atoms with Gasteiger partial charge in [0.15, 0.2) is 0 Å². The van der Waals surface area contributed by atoms with Crippen LogP contribution in [-0.2, 0) is 6.18 Å². The minimum Gasteiger partial charge on any atom is -0.322 e. The van der Waals surface area contributed by atoms with Crippen molar-refractivity contribution < 1.29 is 18.0 Å². The van der Waals surface area contributed by atoms with E-state index in [4.69, 9.17) is 0 Å². The number of halogens is 3. The molecule has 25 heavy (non-hydrogen) atoms. The lowest BCUT2D eigenvalue weighted by Crippen LogP contribution is -2.20. The van der Waals surface area contributed by atoms with Crippen molar-refractivity contribution >= 4 is 11.6 Å². The predicted molar refractivity (Wildman–Crippen MR) is 90.8 cm³/mol. The highest BCUT2D eigenvalue weighted by molar-refractivity contribution is 6.04. The number of benzene rings is 2. The van der Waals surface area contributed by atoms with Crippen LogP contribution in [0.1, 0.15) is 39.4 Å². The van der Waals surface area contributed by atoms with Crippen molar-refractivity contribution in [2.75, 3.05) is 18.4 Å². The van der Waals surface area contributed by atoms with Gasteiger partial charge in [0.1, 0.15) is 0 Å². The van der Waals surface area contributed by atoms with Crippen molar-refractivity contribution in [1.82, 2.24) is 5.32 Å². The largest absolute Gasteiger partial charge is 0.417 e. The molecule has 0 radical (unpaired) electrons. The minimum absolute atomic E-state index is 0.173. The molecule has 0 aliphatic carbocycles. The summed E-state index contributed by atoms with van der Waals surface area (Å²) in [5.41, 5.74) is 0.369. The van der Waals surface area contributed by atoms with Crippen LogP contribution in [0.5, 0.6) is 0 Å². The second-order valence-corrected chi connectivity index (χ2v) is 6.23. The number of carbonyl (C=O) groups excluding carboxylic acids is 1. The summed E-state index contributed by atoms with van der Waals surface area (Å²) in [5.74, 6) is -0.688. The zero-order chi connectivity index (χ0) is 18.0. The molecule has 1 aliphatic heterocycles. The van der Waals surface area contributed by atoms with Gasteiger partial charge < -0.3 is 10.6 Å². The molecule has 3 rings (SSSR count). The van der Waals surface area contributed by atoms with Gasteiger partial charge >= 0.3 is 6.18 Å². The smallest absolute Gasteiger partial charge is 0.322 e. The molecule has 0 saturated carbocycles. The number of hydrogen-bond acceptors (Lipinski definition) is 2. The number of carbonyl (C=O) groups is 1. The molecule has 0 aromatic heterocycles. The zero-order valence-corrected chi connectivity index (χ0v) is 13.8. The van der Waals surface area contributed by atoms with Gasteiger partial charge in [-0.2, -0.15) is 13.2 Å². The van der Waals surface area contributed by atoms with Gasteiger partial charge in [-0.15, -0.1) is 0 Å². The monoisotopic (exact) mass is 348 g/mol. The quantitative estimate of drug-likeness (QED) is 0.866. The molecule has 132 valence electrons. The van der Waals surface area contributed by atoms with E-state index in [1.54, 1.807) is 36.4 Å². The van der Waals surface area contributed by atoms with Crippen molar-refractivity contribution in [2.45, 2.75) is 25.4 Å². The highest BCUT2D eigenvalue weighted by atomic mass is 19.4. The number of nitrogens with one attached hydrogen (secondary N) is 2. The predicted octanol–water partition coefficient (Wildman–Crippen LogP) is 4.34. The van der Waals surface area contributed by atoms with E-state index in [0.29, 0.717) is 25.1 Å². The summed E-state index contributed by atoms with van der Waals surface area (Å²) in [6, 6.07) is 11.4. The Morgan fingerprint density at radius 2 is 1.88 bits per heavy atom. The van der Waals surface area contributed by atoms with E-state index >= 15 is 0 Å². The van der Waals surface area contributed by atoms with Gasteiger partial charge in [0.2, 0.25) is 0 Å². The van der Waals surface area contributed by atoms with Crippen LogP contribution >= 0.6 is 0 Å². The number of amides is 1. The molecule has 2 aromatic rings. The van der Waals surface area contributed by atoms with Crippen molar-refractivity contribution in [1.29, 1.82) is 0 Å². The second kappa shape index (κ2) is 6.88. The first-order chi connectivity index (χ1) is 11.9. The molecule has 0 bridgehead atoms. The Bertz CT molecular complexity index is 766. The molecule has 0 unspecified atom stereocenters. The van der Waals surface area contributed by atoms with Crippen LogP contribution in [0.2, 0.25) is 0 Å². The lowest BCUT2D eigenvalue weighted by atomic mass is 9.88. The first-order valence-corrected chi connectivity index (χ1v) is 8.15. The van der Waals surface area contributed by atoms with Crippen LogP contribution in [-0.4, -0.2) is 19.0 Å². The van der Waals surface area contributed by atoms with Gasteiger partial charge in [0, 0.05) is 23.7 Å². The maximum absolute atomic E-state index is 13.7. The van der Waals surface area contributed by atoms with Gasteiger partial charge in [-0.3, -0.25) is 4.79 Å². The third-order valence-corrected chi connectivity index (χ3v) is 4.49. The van der Waals surface area contributed by atoms with Crippen LogP contribution in [0.3, 0.4) is 0 Å². The lowest BCUT2D eigenvalue weighted by Gasteiger charge is -2.23. The number of alkyl halides is 3. The summed E-state index contributed by atoms with van der Waals surface area (Å²) < 4.78 is 41.0. The Morgan fingerprint density at radius 3 is 2.48 bits per heavy atom. The molecule has 1 saturated heterocycles. The SMILES string of the molecule is Cc1ccc(NC(=O)c2ccccc2)c([C@@H]2CCNC2)c1C(F)(F)F. The third kappa shape index (κ3) is 3.69. The first kappa shape index (κ1) is 17.5. The molecule has 1 amide bonds. The van der Waals surface area contributed by atoms with E-state index in [1.807, 2.05) is 0 Å². The Labute approximate surface area is 144 Å². The Balaban J connectivity index is 2.05. The topological polar surface area (TPSA) is 41.1 Å². The molecular formula is C19H19F3N2O. The van der Waals surface area contributed by atoms with Crippen LogP contribution in [0.15, 0.2) is 42.5 Å². The van der Waals surface area contributed by atoms with Crippen LogP contribution in [0, 0.1) is 6.92 Å². The van der Waals surface area contributed by atoms with Gasteiger partial charge in [-0.1, -0.05) is 24.3 Å². The van der Waals surface area contributed by atoms with Gasteiger partial charge in [0.05, 0.1) is 5.56 Å². The van der Waals surface area contributed by atoms with Crippen LogP contribution < -0.4 is 10.6 Å². The minimum atomic E-state index is -4.46. The summed E-state index contributed by atoms with van der Waals surface area (Å²) >= 11 is 0. The average molecular weight is 348 g/mol. The fourth-order valence-corrected chi connectivity index (χ4v) is 3.32. The molecule has 1 aliphatic rings. The Morgan fingerprint density at radius 1 is 1.16 bits per heavy atom. The normalized spacial score (nSPS) is 17.5. The van der Waals surface area contributed by atoms with Crippen molar-refractivity contribution in [3.63, 3.8) is 0 Å². The summed E-state index contributed by atoms with van der Waals surface area (Å²) in [5, 5.41) is 5.78. The van der Waals surface area contributed by atoms with Gasteiger partial charge in [-0.25, -0.2) is 0 Å². The number of hydrogen-bond donors (Lipinski definition) is 2. The zero-order valence-electron chi connectivity index (χ0n) is 13.8. The van der Waals surface area contributed by atoms with E-state index in [1.165, 1.54) is 13.0 Å². The molecule has 3 nitrogen and oxygen atoms in total. The summed E-state index contributed by atoms with van der Waals surface area (Å²) in [4.78, 5) is 12.4. The Hall–Kier alpha value is -2.34. The third-order valence-electron chi connectivity index (χ3n) is 4.49. The van der Waals surface area contributed by atoms with Crippen molar-refractivity contribution in [3.05, 3.63) is 64.7 Å². The highest BCUT2D eigenvalue weighted by Crippen LogP contribution is 2.42. The van der Waals surface area contributed by atoms with E-state index in [-0.39, 0.29) is 22.7 Å². The molecule has 6 heteroatoms. The summed E-state index contributed by atoms with van der Waals surface area (Å²) in [6.07, 6.45) is -3.85. The first-order valence-electron chi connectivity index (χ1n) is 8.15. The standard InChI is InChI=1S/C19H19F3N2O/c1-12-7-8-15(24-18(25)13-5-3-2-4-6-13)16(14-9-10-23-11-14)17(12)19(20,21)22/h2-8,14,23H,9-11H2,1H3,(H,24,25)/t14-/m1/s1. The number of rotatable bonds is 3. The average Bonchev–Trinajstić information content (AvgIpc) is 3.10. The maximum atomic E-state index is 13.7. The highest BCUT2D eigenvalue weighted by Gasteiger charge is 2.39. The molecule has 2 N–H and O–H groups in total. The molecule has 2 aromatic carbocycles. The van der Waals surface area contributed by atoms with Gasteiger partial charge in [-0.05, 0) is 49.2 Å². The maximum Gasteiger partial charge on any atom is 0.417 e. The van der Waals surface area contributed by atoms with Gasteiger partial charge in [0.25, 0.3) is 5.91 Å². The fraction of sp³-hybridized carbons (Fsp3) is 0.316. The van der Waals surface area contributed by atoms with E-state index in [9.17, 15) is 18.0 Å². The molecule has 0 spiro atoms. The van der Waals surface area contributed by atoms with Crippen LogP contribution in [0.25, 0.3) is 0 Å². The van der Waals surface area contributed by atoms with Crippen LogP contribution in [0.4, 0.5) is 18.9 Å². The lowest BCUT2D eigenvalue weighted by molar-refractivity contribution is -0.138. The molecule has 1 atom stereocenters. The van der Waals surface area contributed by atoms with Crippen molar-refractivity contribution in [3.8, 4) is 0 Å². The summed E-state index contributed by atoms with van der Waals surface area (Å²) in [7, 11) is 0. The molecule has 1 fully saturated rings. The molecule has 1 heterocycles. The number of aryl methyl sites for hydroxylation is 1. The van der Waals surface area contributed by atoms with E-state index in [2.05, 4.69) is 10.6 Å². The Kier molecular flexibility index (Phi) is 4.81. The summed E-state index contributed by atoms with van der Waals surface area (Å²) in [6.45, 7) is 2.60. The molecular weight excluding hydrogens is 329 g/mol.